The second kappa shape index (κ2) is 8.92. The van der Waals surface area contributed by atoms with Crippen LogP contribution in [0.1, 0.15) is 0 Å². The summed E-state index contributed by atoms with van der Waals surface area (Å²) in [5, 5.41) is 7.36. The number of fused-ring (bicyclic) bond motifs is 7. The third-order valence-corrected chi connectivity index (χ3v) is 8.58. The molecule has 0 radical (unpaired) electrons. The molecule has 42 heavy (non-hydrogen) atoms. The number of benzene rings is 6. The van der Waals surface area contributed by atoms with Crippen LogP contribution in [0.15, 0.2) is 152 Å². The van der Waals surface area contributed by atoms with E-state index in [-0.39, 0.29) is 0 Å². The number of para-hydroxylation sites is 3. The number of rotatable bonds is 3. The lowest BCUT2D eigenvalue weighted by atomic mass is 10.0. The molecule has 0 aliphatic heterocycles. The van der Waals surface area contributed by atoms with Gasteiger partial charge in [-0.2, -0.15) is 0 Å². The summed E-state index contributed by atoms with van der Waals surface area (Å²) < 4.78 is 4.79. The Morgan fingerprint density at radius 1 is 0.429 bits per heavy atom. The third kappa shape index (κ3) is 3.31. The molecular formula is C39H25N3. The van der Waals surface area contributed by atoms with E-state index in [4.69, 9.17) is 0 Å². The minimum atomic E-state index is 1.14. The molecule has 0 amide bonds. The van der Waals surface area contributed by atoms with Gasteiger partial charge in [0.15, 0.2) is 0 Å². The minimum absolute atomic E-state index is 1.14. The van der Waals surface area contributed by atoms with Crippen molar-refractivity contribution in [1.82, 2.24) is 14.1 Å². The van der Waals surface area contributed by atoms with E-state index in [1.807, 2.05) is 12.4 Å². The van der Waals surface area contributed by atoms with Crippen molar-refractivity contribution in [2.45, 2.75) is 0 Å². The third-order valence-electron chi connectivity index (χ3n) is 8.58. The number of hydrogen-bond donors (Lipinski definition) is 0. The first-order chi connectivity index (χ1) is 20.8. The van der Waals surface area contributed by atoms with Gasteiger partial charge in [-0.1, -0.05) is 97.1 Å². The van der Waals surface area contributed by atoms with Crippen molar-refractivity contribution in [3.63, 3.8) is 0 Å². The van der Waals surface area contributed by atoms with Gasteiger partial charge >= 0.3 is 0 Å². The van der Waals surface area contributed by atoms with Crippen LogP contribution >= 0.6 is 0 Å². The molecule has 0 saturated carbocycles. The van der Waals surface area contributed by atoms with E-state index >= 15 is 0 Å². The van der Waals surface area contributed by atoms with Gasteiger partial charge < -0.3 is 9.13 Å². The Morgan fingerprint density at radius 2 is 1.19 bits per heavy atom. The predicted octanol–water partition coefficient (Wildman–Crippen LogP) is 10.1. The normalized spacial score (nSPS) is 11.8. The molecule has 6 aromatic carbocycles. The van der Waals surface area contributed by atoms with Crippen molar-refractivity contribution in [3.05, 3.63) is 152 Å². The van der Waals surface area contributed by atoms with Crippen LogP contribution in [0.3, 0.4) is 0 Å². The summed E-state index contributed by atoms with van der Waals surface area (Å²) in [6.45, 7) is 0. The SMILES string of the molecule is c1ccc(-n2c3ccncc3c3cccc(-c4ccc5c6ccccc6n(-c6ccc7ccccc7c6)c5c4)c32)cc1. The molecule has 3 heterocycles. The molecule has 0 unspecified atom stereocenters. The maximum atomic E-state index is 4.49. The van der Waals surface area contributed by atoms with Gasteiger partial charge in [-0.15, -0.1) is 0 Å². The molecule has 9 rings (SSSR count). The number of pyridine rings is 1. The first-order valence-electron chi connectivity index (χ1n) is 14.3. The van der Waals surface area contributed by atoms with E-state index in [9.17, 15) is 0 Å². The Labute approximate surface area is 242 Å². The summed E-state index contributed by atoms with van der Waals surface area (Å²) in [5.74, 6) is 0. The average Bonchev–Trinajstić information content (AvgIpc) is 3.58. The standard InChI is InChI=1S/C39H25N3/c1-2-11-29(12-3-1)42-37-21-22-40-25-35(37)34-15-8-14-31(39(34)42)28-18-20-33-32-13-6-7-16-36(32)41(38(33)24-28)30-19-17-26-9-4-5-10-27(26)23-30/h1-25H. The first kappa shape index (κ1) is 23.1. The van der Waals surface area contributed by atoms with Crippen LogP contribution < -0.4 is 0 Å². The topological polar surface area (TPSA) is 22.8 Å². The highest BCUT2D eigenvalue weighted by Gasteiger charge is 2.18. The fraction of sp³-hybridized carbons (Fsp3) is 0. The molecule has 0 fully saturated rings. The fourth-order valence-corrected chi connectivity index (χ4v) is 6.72. The molecule has 0 aliphatic rings. The Kier molecular flexibility index (Phi) is 4.90. The first-order valence-corrected chi connectivity index (χ1v) is 14.3. The van der Waals surface area contributed by atoms with Crippen molar-refractivity contribution < 1.29 is 0 Å². The molecule has 0 N–H and O–H groups in total. The quantitative estimate of drug-likeness (QED) is 0.221. The van der Waals surface area contributed by atoms with Gasteiger partial charge in [0.1, 0.15) is 0 Å². The van der Waals surface area contributed by atoms with Crippen LogP contribution in [0.25, 0.3) is 76.9 Å². The highest BCUT2D eigenvalue weighted by atomic mass is 15.0. The van der Waals surface area contributed by atoms with Gasteiger partial charge in [0.05, 0.1) is 22.1 Å². The van der Waals surface area contributed by atoms with Crippen molar-refractivity contribution in [2.75, 3.05) is 0 Å². The number of hydrogen-bond acceptors (Lipinski definition) is 1. The van der Waals surface area contributed by atoms with Crippen molar-refractivity contribution >= 4 is 54.4 Å². The fourth-order valence-electron chi connectivity index (χ4n) is 6.72. The summed E-state index contributed by atoms with van der Waals surface area (Å²) in [7, 11) is 0. The van der Waals surface area contributed by atoms with Crippen LogP contribution in [-0.4, -0.2) is 14.1 Å². The van der Waals surface area contributed by atoms with Crippen molar-refractivity contribution in [2.24, 2.45) is 0 Å². The van der Waals surface area contributed by atoms with Gasteiger partial charge in [-0.25, -0.2) is 0 Å². The summed E-state index contributed by atoms with van der Waals surface area (Å²) in [6, 6.07) is 50.4. The second-order valence-electron chi connectivity index (χ2n) is 10.9. The summed E-state index contributed by atoms with van der Waals surface area (Å²) in [6.07, 6.45) is 3.87. The molecule has 3 aromatic heterocycles. The van der Waals surface area contributed by atoms with Crippen LogP contribution in [0, 0.1) is 0 Å². The highest BCUT2D eigenvalue weighted by molar-refractivity contribution is 6.15. The summed E-state index contributed by atoms with van der Waals surface area (Å²) in [5.41, 5.74) is 9.45. The Morgan fingerprint density at radius 3 is 2.12 bits per heavy atom. The minimum Gasteiger partial charge on any atom is -0.309 e. The summed E-state index contributed by atoms with van der Waals surface area (Å²) >= 11 is 0. The molecule has 3 nitrogen and oxygen atoms in total. The zero-order valence-corrected chi connectivity index (χ0v) is 22.8. The van der Waals surface area contributed by atoms with E-state index in [0.29, 0.717) is 0 Å². The summed E-state index contributed by atoms with van der Waals surface area (Å²) in [4.78, 5) is 4.49. The van der Waals surface area contributed by atoms with E-state index in [1.54, 1.807) is 0 Å². The van der Waals surface area contributed by atoms with Gasteiger partial charge in [0.25, 0.3) is 0 Å². The molecule has 3 heteroatoms. The zero-order chi connectivity index (χ0) is 27.6. The van der Waals surface area contributed by atoms with E-state index in [2.05, 4.69) is 154 Å². The smallest absolute Gasteiger partial charge is 0.0620 e. The lowest BCUT2D eigenvalue weighted by Gasteiger charge is -2.13. The van der Waals surface area contributed by atoms with E-state index in [0.717, 1.165) is 16.6 Å². The predicted molar refractivity (Wildman–Crippen MR) is 176 cm³/mol. The Bertz CT molecular complexity index is 2460. The Hall–Kier alpha value is -5.67. The largest absolute Gasteiger partial charge is 0.309 e. The van der Waals surface area contributed by atoms with Gasteiger partial charge in [-0.05, 0) is 58.8 Å². The molecule has 9 aromatic rings. The van der Waals surface area contributed by atoms with Gasteiger partial charge in [0.2, 0.25) is 0 Å². The maximum Gasteiger partial charge on any atom is 0.0620 e. The number of aromatic nitrogens is 3. The van der Waals surface area contributed by atoms with Crippen LogP contribution in [-0.2, 0) is 0 Å². The van der Waals surface area contributed by atoms with Crippen molar-refractivity contribution in [1.29, 1.82) is 0 Å². The lowest BCUT2D eigenvalue weighted by molar-refractivity contribution is 1.17. The van der Waals surface area contributed by atoms with Gasteiger partial charge in [0, 0.05) is 50.9 Å². The van der Waals surface area contributed by atoms with Gasteiger partial charge in [-0.3, -0.25) is 4.98 Å². The monoisotopic (exact) mass is 535 g/mol. The molecule has 0 bridgehead atoms. The second-order valence-corrected chi connectivity index (χ2v) is 10.9. The Balaban J connectivity index is 1.37. The molecular weight excluding hydrogens is 510 g/mol. The van der Waals surface area contributed by atoms with Crippen LogP contribution in [0.2, 0.25) is 0 Å². The lowest BCUT2D eigenvalue weighted by Crippen LogP contribution is -1.96. The maximum absolute atomic E-state index is 4.49. The number of nitrogens with zero attached hydrogens (tertiary/aromatic N) is 3. The van der Waals surface area contributed by atoms with E-state index < -0.39 is 0 Å². The van der Waals surface area contributed by atoms with Crippen LogP contribution in [0.5, 0.6) is 0 Å². The van der Waals surface area contributed by atoms with Crippen molar-refractivity contribution in [3.8, 4) is 22.5 Å². The molecule has 0 atom stereocenters. The van der Waals surface area contributed by atoms with E-state index in [1.165, 1.54) is 60.3 Å². The average molecular weight is 536 g/mol. The molecule has 0 spiro atoms. The molecule has 0 aliphatic carbocycles. The van der Waals surface area contributed by atoms with Crippen LogP contribution in [0.4, 0.5) is 0 Å². The molecule has 196 valence electrons. The molecule has 0 saturated heterocycles. The highest BCUT2D eigenvalue weighted by Crippen LogP contribution is 2.40. The zero-order valence-electron chi connectivity index (χ0n) is 22.8.